The van der Waals surface area contributed by atoms with E-state index in [1.165, 1.54) is 44.2 Å². The topological polar surface area (TPSA) is 161 Å². The summed E-state index contributed by atoms with van der Waals surface area (Å²) in [4.78, 5) is 50.8. The van der Waals surface area contributed by atoms with Gasteiger partial charge in [0, 0.05) is 21.9 Å². The summed E-state index contributed by atoms with van der Waals surface area (Å²) in [5.41, 5.74) is 12.9. The largest absolute Gasteiger partial charge is 0.478 e. The number of unbranched alkanes of at least 4 members (excludes halogenated alkanes) is 8. The molecule has 0 aliphatic heterocycles. The molecule has 5 aromatic rings. The second kappa shape index (κ2) is 15.0. The van der Waals surface area contributed by atoms with Crippen molar-refractivity contribution in [1.29, 1.82) is 0 Å². The van der Waals surface area contributed by atoms with E-state index in [9.17, 15) is 29.4 Å². The number of carbonyl (C=O) groups is 4. The molecule has 0 saturated heterocycles. The van der Waals surface area contributed by atoms with E-state index in [0.717, 1.165) is 55.9 Å². The van der Waals surface area contributed by atoms with Gasteiger partial charge in [-0.25, -0.2) is 9.59 Å². The number of hydrogen-bond acceptors (Lipinski definition) is 4. The number of hydrogen-bond donors (Lipinski definition) is 4. The Morgan fingerprint density at radius 2 is 1.00 bits per heavy atom. The van der Waals surface area contributed by atoms with Crippen molar-refractivity contribution in [2.24, 2.45) is 17.4 Å². The number of carboxylic acid groups (broad SMARTS) is 2. The highest BCUT2D eigenvalue weighted by molar-refractivity contribution is 6.38. The second-order valence-electron chi connectivity index (χ2n) is 13.3. The molecule has 0 heterocycles. The Balaban J connectivity index is 1.82. The van der Waals surface area contributed by atoms with E-state index in [1.807, 2.05) is 0 Å². The molecule has 1 unspecified atom stereocenters. The smallest absolute Gasteiger partial charge is 0.336 e. The van der Waals surface area contributed by atoms with Gasteiger partial charge in [0.15, 0.2) is 0 Å². The number of carbonyl (C=O) groups excluding carboxylic acids is 2. The van der Waals surface area contributed by atoms with E-state index in [4.69, 9.17) is 11.5 Å². The maximum Gasteiger partial charge on any atom is 0.336 e. The van der Waals surface area contributed by atoms with E-state index < -0.39 is 23.8 Å². The summed E-state index contributed by atoms with van der Waals surface area (Å²) in [6.07, 6.45) is 14.4. The fourth-order valence-electron chi connectivity index (χ4n) is 7.73. The summed E-state index contributed by atoms with van der Waals surface area (Å²) >= 11 is 0. The highest BCUT2D eigenvalue weighted by Crippen LogP contribution is 2.46. The van der Waals surface area contributed by atoms with Crippen LogP contribution in [0.4, 0.5) is 0 Å². The van der Waals surface area contributed by atoms with Gasteiger partial charge in [0.2, 0.25) is 11.8 Å². The molecule has 0 spiro atoms. The number of aromatic carboxylic acids is 2. The third-order valence-corrected chi connectivity index (χ3v) is 10.0. The van der Waals surface area contributed by atoms with Crippen LogP contribution in [0.3, 0.4) is 0 Å². The standard InChI is InChI=1S/C40H46N2O6/c1-3-5-7-9-10-12-14-23(13-11-8-6-4-2)21-24-22-31(38(42)44)34-28(37(41)43)18-15-26-25-16-19-29(39(45)46)35-30(40(47)48)20-17-27(33(25)35)32(24)36(26)34/h15-20,22-23H,3-14,21H2,1-2H3,(H2,41,43)(H2,42,44)(H,45,46)(H,47,48). The van der Waals surface area contributed by atoms with E-state index in [0.29, 0.717) is 44.7 Å². The van der Waals surface area contributed by atoms with Crippen molar-refractivity contribution >= 4 is 66.8 Å². The monoisotopic (exact) mass is 650 g/mol. The van der Waals surface area contributed by atoms with Gasteiger partial charge in [0.05, 0.1) is 11.1 Å². The van der Waals surface area contributed by atoms with Crippen LogP contribution in [0.15, 0.2) is 42.5 Å². The van der Waals surface area contributed by atoms with Gasteiger partial charge in [-0.3, -0.25) is 9.59 Å². The van der Waals surface area contributed by atoms with Crippen molar-refractivity contribution < 1.29 is 29.4 Å². The van der Waals surface area contributed by atoms with Crippen LogP contribution in [0.25, 0.3) is 43.1 Å². The van der Waals surface area contributed by atoms with Gasteiger partial charge >= 0.3 is 11.9 Å². The van der Waals surface area contributed by atoms with Crippen LogP contribution >= 0.6 is 0 Å². The molecule has 5 rings (SSSR count). The predicted molar refractivity (Wildman–Crippen MR) is 193 cm³/mol. The SMILES string of the molecule is CCCCCCCCC(CCCCCC)Cc1cc(C(N)=O)c2c(C(N)=O)ccc3c4ccc(C(=O)O)c5c(C(=O)O)ccc(c1c23)c54. The quantitative estimate of drug-likeness (QED) is 0.0420. The Morgan fingerprint density at radius 3 is 1.54 bits per heavy atom. The van der Waals surface area contributed by atoms with E-state index in [-0.39, 0.29) is 27.6 Å². The fourth-order valence-corrected chi connectivity index (χ4v) is 7.73. The molecule has 5 aromatic carbocycles. The fraction of sp³-hybridized carbons (Fsp3) is 0.400. The third-order valence-electron chi connectivity index (χ3n) is 10.0. The van der Waals surface area contributed by atoms with Gasteiger partial charge in [-0.1, -0.05) is 109 Å². The summed E-state index contributed by atoms with van der Waals surface area (Å²) in [6.45, 7) is 4.41. The molecule has 0 saturated carbocycles. The molecule has 0 fully saturated rings. The summed E-state index contributed by atoms with van der Waals surface area (Å²) < 4.78 is 0. The van der Waals surface area contributed by atoms with E-state index in [1.54, 1.807) is 30.3 Å². The second-order valence-corrected chi connectivity index (χ2v) is 13.3. The molecule has 0 radical (unpaired) electrons. The van der Waals surface area contributed by atoms with Gasteiger partial charge in [-0.2, -0.15) is 0 Å². The lowest BCUT2D eigenvalue weighted by molar-refractivity contribution is 0.0695. The molecule has 0 aliphatic carbocycles. The Kier molecular flexibility index (Phi) is 10.8. The number of nitrogens with two attached hydrogens (primary N) is 2. The van der Waals surface area contributed by atoms with Gasteiger partial charge in [-0.15, -0.1) is 0 Å². The van der Waals surface area contributed by atoms with Gasteiger partial charge in [0.25, 0.3) is 0 Å². The zero-order valence-corrected chi connectivity index (χ0v) is 28.0. The van der Waals surface area contributed by atoms with Crippen molar-refractivity contribution in [3.8, 4) is 0 Å². The normalized spacial score (nSPS) is 12.4. The molecule has 0 aromatic heterocycles. The molecule has 6 N–H and O–H groups in total. The Morgan fingerprint density at radius 1 is 0.542 bits per heavy atom. The zero-order valence-electron chi connectivity index (χ0n) is 28.0. The molecule has 2 amide bonds. The van der Waals surface area contributed by atoms with Crippen molar-refractivity contribution in [3.05, 3.63) is 70.3 Å². The lowest BCUT2D eigenvalue weighted by Gasteiger charge is -2.24. The highest BCUT2D eigenvalue weighted by Gasteiger charge is 2.27. The first-order chi connectivity index (χ1) is 23.1. The number of fused-ring (bicyclic) bond motifs is 2. The number of amides is 2. The van der Waals surface area contributed by atoms with Crippen LogP contribution in [-0.4, -0.2) is 34.0 Å². The van der Waals surface area contributed by atoms with Crippen molar-refractivity contribution in [1.82, 2.24) is 0 Å². The maximum atomic E-state index is 13.1. The van der Waals surface area contributed by atoms with Crippen LogP contribution in [0.5, 0.6) is 0 Å². The summed E-state index contributed by atoms with van der Waals surface area (Å²) in [5, 5.41) is 24.7. The van der Waals surface area contributed by atoms with Crippen LogP contribution in [0, 0.1) is 5.92 Å². The van der Waals surface area contributed by atoms with Crippen LogP contribution in [-0.2, 0) is 6.42 Å². The van der Waals surface area contributed by atoms with Gasteiger partial charge < -0.3 is 21.7 Å². The summed E-state index contributed by atoms with van der Waals surface area (Å²) in [5.74, 6) is -3.49. The van der Waals surface area contributed by atoms with Crippen LogP contribution in [0.2, 0.25) is 0 Å². The minimum absolute atomic E-state index is 0.103. The zero-order chi connectivity index (χ0) is 34.5. The Labute approximate surface area is 280 Å². The predicted octanol–water partition coefficient (Wildman–Crippen LogP) is 9.21. The number of primary amides is 2. The highest BCUT2D eigenvalue weighted by atomic mass is 16.4. The number of benzene rings is 5. The summed E-state index contributed by atoms with van der Waals surface area (Å²) in [7, 11) is 0. The van der Waals surface area contributed by atoms with Crippen LogP contribution in [0.1, 0.15) is 138 Å². The van der Waals surface area contributed by atoms with Crippen molar-refractivity contribution in [2.45, 2.75) is 97.3 Å². The maximum absolute atomic E-state index is 13.1. The average Bonchev–Trinajstić information content (AvgIpc) is 3.05. The Hall–Kier alpha value is -4.72. The molecular formula is C40H46N2O6. The van der Waals surface area contributed by atoms with Crippen molar-refractivity contribution in [3.63, 3.8) is 0 Å². The van der Waals surface area contributed by atoms with Crippen LogP contribution < -0.4 is 11.5 Å². The molecule has 0 aliphatic rings. The molecule has 48 heavy (non-hydrogen) atoms. The lowest BCUT2D eigenvalue weighted by atomic mass is 9.80. The molecule has 8 heteroatoms. The molecular weight excluding hydrogens is 604 g/mol. The third kappa shape index (κ3) is 6.66. The lowest BCUT2D eigenvalue weighted by Crippen LogP contribution is -2.18. The Bertz CT molecular complexity index is 1990. The molecule has 8 nitrogen and oxygen atoms in total. The minimum atomic E-state index is -1.23. The van der Waals surface area contributed by atoms with Gasteiger partial charge in [-0.05, 0) is 74.5 Å². The minimum Gasteiger partial charge on any atom is -0.478 e. The molecule has 1 atom stereocenters. The van der Waals surface area contributed by atoms with E-state index >= 15 is 0 Å². The number of rotatable bonds is 18. The van der Waals surface area contributed by atoms with Gasteiger partial charge in [0.1, 0.15) is 0 Å². The number of carboxylic acids is 2. The first-order valence-electron chi connectivity index (χ1n) is 17.4. The first-order valence-corrected chi connectivity index (χ1v) is 17.4. The molecule has 252 valence electrons. The average molecular weight is 651 g/mol. The summed E-state index contributed by atoms with van der Waals surface area (Å²) in [6, 6.07) is 11.4. The first kappa shape index (κ1) is 34.6. The van der Waals surface area contributed by atoms with Crippen molar-refractivity contribution in [2.75, 3.05) is 0 Å². The molecule has 0 bridgehead atoms. The van der Waals surface area contributed by atoms with E-state index in [2.05, 4.69) is 13.8 Å².